The van der Waals surface area contributed by atoms with Crippen LogP contribution in [-0.2, 0) is 9.53 Å². The number of aliphatic hydroxyl groups is 1. The van der Waals surface area contributed by atoms with Crippen molar-refractivity contribution in [1.82, 2.24) is 0 Å². The minimum absolute atomic E-state index is 0. The van der Waals surface area contributed by atoms with Crippen LogP contribution in [0.1, 0.15) is 7.85 Å². The van der Waals surface area contributed by atoms with E-state index < -0.39 is 5.97 Å². The van der Waals surface area contributed by atoms with Crippen LogP contribution < -0.4 is 35.3 Å². The van der Waals surface area contributed by atoms with E-state index in [4.69, 9.17) is 10.8 Å². The number of esters is 1. The van der Waals surface area contributed by atoms with E-state index in [-0.39, 0.29) is 50.7 Å². The number of ether oxygens (including phenoxy) is 1. The molecule has 5 heteroatoms. The molecule has 10 heavy (non-hydrogen) atoms. The van der Waals surface area contributed by atoms with Gasteiger partial charge in [0.05, 0.1) is 13.2 Å². The molecule has 3 N–H and O–H groups in total. The van der Waals surface area contributed by atoms with Crippen LogP contribution in [0.25, 0.3) is 0 Å². The van der Waals surface area contributed by atoms with Gasteiger partial charge in [-0.2, -0.15) is 0 Å². The van der Waals surface area contributed by atoms with Crippen molar-refractivity contribution in [3.05, 3.63) is 0 Å². The first kappa shape index (κ1) is 13.0. The van der Waals surface area contributed by atoms with Gasteiger partial charge in [0.1, 0.15) is 0 Å². The average Bonchev–Trinajstić information content (AvgIpc) is 1.89. The summed E-state index contributed by atoms with van der Waals surface area (Å²) in [4.78, 5) is 10.3. The summed E-state index contributed by atoms with van der Waals surface area (Å²) >= 11 is 0. The average molecular weight is 157 g/mol. The van der Waals surface area contributed by atoms with E-state index in [0.717, 1.165) is 0 Å². The van der Waals surface area contributed by atoms with Gasteiger partial charge in [0.25, 0.3) is 0 Å². The summed E-state index contributed by atoms with van der Waals surface area (Å²) in [6.07, 6.45) is 0.478. The van der Waals surface area contributed by atoms with Gasteiger partial charge in [-0.05, 0) is 0 Å². The Bertz CT molecular complexity index is 93.8. The predicted octanol–water partition coefficient (Wildman–Crippen LogP) is -4.01. The summed E-state index contributed by atoms with van der Waals surface area (Å²) in [5.41, 5.74) is 4.92. The second kappa shape index (κ2) is 9.39. The number of carbonyl (C=O) groups is 1. The smallest absolute Gasteiger partial charge is 1.00 e. The zero-order chi connectivity index (χ0) is 7.11. The summed E-state index contributed by atoms with van der Waals surface area (Å²) in [6.45, 7) is 0.204. The van der Waals surface area contributed by atoms with Crippen molar-refractivity contribution in [3.8, 4) is 0 Å². The summed E-state index contributed by atoms with van der Waals surface area (Å²) in [5, 5.41) is 8.23. The number of aliphatic hydroxyl groups excluding tert-OH is 1. The first-order chi connectivity index (χ1) is 4.31. The van der Waals surface area contributed by atoms with Gasteiger partial charge in [-0.1, -0.05) is 0 Å². The molecule has 0 spiro atoms. The fourth-order valence-corrected chi connectivity index (χ4v) is 0.309. The van der Waals surface area contributed by atoms with Gasteiger partial charge in [-0.25, -0.2) is 0 Å². The third-order valence-electron chi connectivity index (χ3n) is 0.732. The molecule has 0 bridgehead atoms. The molecule has 0 unspecified atom stereocenters. The van der Waals surface area contributed by atoms with Gasteiger partial charge < -0.3 is 17.0 Å². The molecule has 4 nitrogen and oxygen atoms in total. The summed E-state index contributed by atoms with van der Waals surface area (Å²) < 4.78 is 4.51. The summed E-state index contributed by atoms with van der Waals surface area (Å²) in [6, 6.07) is 0. The number of carbonyl (C=O) groups excluding carboxylic acids is 1. The molecular formula is C5H12NNaO3. The topological polar surface area (TPSA) is 72.6 Å². The number of hydrogen-bond donors (Lipinski definition) is 2. The van der Waals surface area contributed by atoms with Crippen molar-refractivity contribution in [2.45, 2.75) is 6.42 Å². The maximum atomic E-state index is 10.3. The molecule has 0 atom stereocenters. The Balaban J connectivity index is -0.000000320. The van der Waals surface area contributed by atoms with E-state index in [1.165, 1.54) is 0 Å². The third kappa shape index (κ3) is 8.39. The van der Waals surface area contributed by atoms with Crippen LogP contribution in [0.5, 0.6) is 0 Å². The first-order valence-electron chi connectivity index (χ1n) is 2.77. The van der Waals surface area contributed by atoms with Crippen LogP contribution >= 0.6 is 0 Å². The largest absolute Gasteiger partial charge is 1.00 e. The molecule has 0 radical (unpaired) electrons. The monoisotopic (exact) mass is 157 g/mol. The van der Waals surface area contributed by atoms with Gasteiger partial charge in [0.15, 0.2) is 0 Å². The van der Waals surface area contributed by atoms with E-state index >= 15 is 0 Å². The fourth-order valence-electron chi connectivity index (χ4n) is 0.309. The number of nitrogens with two attached hydrogens (primary N) is 1. The van der Waals surface area contributed by atoms with E-state index in [1.54, 1.807) is 0 Å². The Hall–Kier alpha value is 0.390. The molecule has 0 saturated heterocycles. The van der Waals surface area contributed by atoms with Gasteiger partial charge in [0.2, 0.25) is 0 Å². The quantitative estimate of drug-likeness (QED) is 0.248. The SMILES string of the molecule is NCC(=O)OCCCO.[H-].[Na+]. The molecule has 0 saturated carbocycles. The van der Waals surface area contributed by atoms with Crippen molar-refractivity contribution in [2.24, 2.45) is 5.73 Å². The normalized spacial score (nSPS) is 8.20. The third-order valence-corrected chi connectivity index (χ3v) is 0.732. The molecule has 0 aromatic rings. The van der Waals surface area contributed by atoms with Crippen LogP contribution in [0.4, 0.5) is 0 Å². The molecular weight excluding hydrogens is 145 g/mol. The fraction of sp³-hybridized carbons (Fsp3) is 0.800. The molecule has 0 aliphatic rings. The zero-order valence-corrected chi connectivity index (χ0v) is 8.17. The first-order valence-corrected chi connectivity index (χ1v) is 2.77. The van der Waals surface area contributed by atoms with Gasteiger partial charge >= 0.3 is 35.5 Å². The maximum Gasteiger partial charge on any atom is 1.00 e. The van der Waals surface area contributed by atoms with Gasteiger partial charge in [-0.3, -0.25) is 4.79 Å². The van der Waals surface area contributed by atoms with Crippen LogP contribution in [0, 0.1) is 0 Å². The maximum absolute atomic E-state index is 10.3. The van der Waals surface area contributed by atoms with E-state index in [1.807, 2.05) is 0 Å². The van der Waals surface area contributed by atoms with Crippen LogP contribution in [0.3, 0.4) is 0 Å². The Morgan fingerprint density at radius 1 is 1.70 bits per heavy atom. The van der Waals surface area contributed by atoms with Crippen LogP contribution in [-0.4, -0.2) is 30.8 Å². The zero-order valence-electron chi connectivity index (χ0n) is 7.17. The molecule has 0 aliphatic carbocycles. The van der Waals surface area contributed by atoms with Crippen molar-refractivity contribution in [3.63, 3.8) is 0 Å². The molecule has 0 aromatic carbocycles. The molecule has 56 valence electrons. The Morgan fingerprint density at radius 3 is 2.70 bits per heavy atom. The van der Waals surface area contributed by atoms with Crippen LogP contribution in [0.15, 0.2) is 0 Å². The molecule has 0 aliphatic heterocycles. The van der Waals surface area contributed by atoms with E-state index in [9.17, 15) is 4.79 Å². The second-order valence-corrected chi connectivity index (χ2v) is 1.50. The Kier molecular flexibility index (Phi) is 12.2. The standard InChI is InChI=1S/C5H11NO3.Na.H/c6-4-5(8)9-3-1-2-7;;/h7H,1-4,6H2;;/q;+1;-1. The molecule has 0 fully saturated rings. The predicted molar refractivity (Wildman–Crippen MR) is 32.8 cm³/mol. The van der Waals surface area contributed by atoms with Crippen molar-refractivity contribution in [2.75, 3.05) is 19.8 Å². The van der Waals surface area contributed by atoms with Crippen molar-refractivity contribution >= 4 is 5.97 Å². The minimum Gasteiger partial charge on any atom is -1.00 e. The Morgan fingerprint density at radius 2 is 2.30 bits per heavy atom. The van der Waals surface area contributed by atoms with Gasteiger partial charge in [-0.15, -0.1) is 0 Å². The summed E-state index contributed by atoms with van der Waals surface area (Å²) in [7, 11) is 0. The second-order valence-electron chi connectivity index (χ2n) is 1.50. The molecule has 0 rings (SSSR count). The molecule has 0 heterocycles. The molecule has 0 amide bonds. The van der Waals surface area contributed by atoms with Crippen molar-refractivity contribution in [1.29, 1.82) is 0 Å². The Labute approximate surface area is 83.5 Å². The minimum atomic E-state index is -0.427. The van der Waals surface area contributed by atoms with Crippen molar-refractivity contribution < 1.29 is 45.6 Å². The number of hydrogen-bond acceptors (Lipinski definition) is 4. The summed E-state index contributed by atoms with van der Waals surface area (Å²) in [5.74, 6) is -0.427. The molecule has 0 aromatic heterocycles. The van der Waals surface area contributed by atoms with E-state index in [0.29, 0.717) is 6.42 Å². The number of rotatable bonds is 4. The van der Waals surface area contributed by atoms with E-state index in [2.05, 4.69) is 4.74 Å². The van der Waals surface area contributed by atoms with Gasteiger partial charge in [0, 0.05) is 13.0 Å². The van der Waals surface area contributed by atoms with Crippen LogP contribution in [0.2, 0.25) is 0 Å².